The first-order valence-corrected chi connectivity index (χ1v) is 10.3. The standard InChI is InChI=1S/C17H24N4O5S/c1-12-3-5-13(6-4-12)27(24,25)21-14-11-26-16(21)10-20(17(14)23)9-15(22)19-8-2-7-18/h3-6,14,16H,2,7-11,18H2,1H3,(H,19,22)/t14-,16-/m0/s1. The van der Waals surface area contributed by atoms with Crippen LogP contribution in [0.15, 0.2) is 29.2 Å². The van der Waals surface area contributed by atoms with Crippen molar-refractivity contribution in [1.29, 1.82) is 0 Å². The van der Waals surface area contributed by atoms with Crippen LogP contribution in [-0.2, 0) is 24.3 Å². The third-order valence-electron chi connectivity index (χ3n) is 4.64. The molecule has 2 atom stereocenters. The topological polar surface area (TPSA) is 122 Å². The van der Waals surface area contributed by atoms with Gasteiger partial charge in [-0.05, 0) is 32.0 Å². The molecular weight excluding hydrogens is 372 g/mol. The largest absolute Gasteiger partial charge is 0.358 e. The summed E-state index contributed by atoms with van der Waals surface area (Å²) in [5.41, 5.74) is 6.32. The van der Waals surface area contributed by atoms with Crippen molar-refractivity contribution in [2.24, 2.45) is 5.73 Å². The fourth-order valence-electron chi connectivity index (χ4n) is 3.21. The molecular formula is C17H24N4O5S. The van der Waals surface area contributed by atoms with Gasteiger partial charge in [0.15, 0.2) is 0 Å². The summed E-state index contributed by atoms with van der Waals surface area (Å²) >= 11 is 0. The van der Waals surface area contributed by atoms with Gasteiger partial charge in [-0.3, -0.25) is 9.59 Å². The fraction of sp³-hybridized carbons (Fsp3) is 0.529. The zero-order chi connectivity index (χ0) is 19.6. The summed E-state index contributed by atoms with van der Waals surface area (Å²) < 4.78 is 32.7. The number of carbonyl (C=O) groups is 2. The highest BCUT2D eigenvalue weighted by Gasteiger charge is 2.52. The van der Waals surface area contributed by atoms with Gasteiger partial charge in [0.05, 0.1) is 24.6 Å². The maximum absolute atomic E-state index is 13.0. The zero-order valence-corrected chi connectivity index (χ0v) is 15.9. The number of hydrogen-bond acceptors (Lipinski definition) is 6. The lowest BCUT2D eigenvalue weighted by Gasteiger charge is -2.37. The summed E-state index contributed by atoms with van der Waals surface area (Å²) in [4.78, 5) is 26.2. The van der Waals surface area contributed by atoms with Crippen LogP contribution in [0.2, 0.25) is 0 Å². The summed E-state index contributed by atoms with van der Waals surface area (Å²) in [6.07, 6.45) is -0.146. The molecule has 0 aliphatic carbocycles. The van der Waals surface area contributed by atoms with Crippen LogP contribution in [-0.4, -0.2) is 74.5 Å². The van der Waals surface area contributed by atoms with Gasteiger partial charge in [-0.25, -0.2) is 8.42 Å². The van der Waals surface area contributed by atoms with Crippen molar-refractivity contribution in [3.05, 3.63) is 29.8 Å². The summed E-state index contributed by atoms with van der Waals surface area (Å²) in [6.45, 7) is 2.65. The Hall–Kier alpha value is -2.01. The van der Waals surface area contributed by atoms with Crippen molar-refractivity contribution >= 4 is 21.8 Å². The number of amides is 2. The van der Waals surface area contributed by atoms with Gasteiger partial charge in [0.25, 0.3) is 0 Å². The van der Waals surface area contributed by atoms with Crippen LogP contribution in [0, 0.1) is 6.92 Å². The SMILES string of the molecule is Cc1ccc(S(=O)(=O)N2[C@@H]3CN(CC(=O)NCCCN)C(=O)[C@@H]2CO3)cc1. The predicted octanol–water partition coefficient (Wildman–Crippen LogP) is -0.982. The molecule has 2 aliphatic heterocycles. The lowest BCUT2D eigenvalue weighted by atomic mass is 10.2. The average Bonchev–Trinajstić information content (AvgIpc) is 2.99. The number of nitrogens with one attached hydrogen (secondary N) is 1. The fourth-order valence-corrected chi connectivity index (χ4v) is 4.85. The highest BCUT2D eigenvalue weighted by molar-refractivity contribution is 7.89. The van der Waals surface area contributed by atoms with E-state index in [2.05, 4.69) is 5.32 Å². The molecule has 148 valence electrons. The van der Waals surface area contributed by atoms with Crippen LogP contribution in [0.1, 0.15) is 12.0 Å². The minimum Gasteiger partial charge on any atom is -0.358 e. The Bertz CT molecular complexity index is 811. The van der Waals surface area contributed by atoms with Gasteiger partial charge in [0, 0.05) is 6.54 Å². The average molecular weight is 396 g/mol. The number of nitrogens with zero attached hydrogens (tertiary/aromatic N) is 2. The minimum absolute atomic E-state index is 0.0140. The Labute approximate surface area is 158 Å². The van der Waals surface area contributed by atoms with E-state index in [9.17, 15) is 18.0 Å². The molecule has 2 heterocycles. The van der Waals surface area contributed by atoms with Crippen LogP contribution in [0.3, 0.4) is 0 Å². The second kappa shape index (κ2) is 7.93. The number of piperazine rings is 1. The van der Waals surface area contributed by atoms with Gasteiger partial charge >= 0.3 is 0 Å². The van der Waals surface area contributed by atoms with E-state index in [1.165, 1.54) is 17.0 Å². The number of carbonyl (C=O) groups excluding carboxylic acids is 2. The Kier molecular flexibility index (Phi) is 5.80. The third-order valence-corrected chi connectivity index (χ3v) is 6.56. The second-order valence-electron chi connectivity index (χ2n) is 6.66. The Morgan fingerprint density at radius 1 is 1.33 bits per heavy atom. The number of fused-ring (bicyclic) bond motifs is 2. The predicted molar refractivity (Wildman–Crippen MR) is 97.0 cm³/mol. The molecule has 1 aromatic carbocycles. The van der Waals surface area contributed by atoms with Crippen molar-refractivity contribution in [2.45, 2.75) is 30.5 Å². The van der Waals surface area contributed by atoms with Crippen LogP contribution in [0.25, 0.3) is 0 Å². The van der Waals surface area contributed by atoms with E-state index in [0.717, 1.165) is 9.87 Å². The molecule has 0 saturated carbocycles. The number of nitrogens with two attached hydrogens (primary N) is 1. The number of hydrogen-bond donors (Lipinski definition) is 2. The summed E-state index contributed by atoms with van der Waals surface area (Å²) in [5.74, 6) is -0.723. The van der Waals surface area contributed by atoms with Gasteiger partial charge in [0.2, 0.25) is 21.8 Å². The molecule has 0 unspecified atom stereocenters. The summed E-state index contributed by atoms with van der Waals surface area (Å²) in [5, 5.41) is 2.69. The van der Waals surface area contributed by atoms with Crippen LogP contribution in [0.4, 0.5) is 0 Å². The molecule has 0 radical (unpaired) electrons. The lowest BCUT2D eigenvalue weighted by molar-refractivity contribution is -0.143. The first-order valence-electron chi connectivity index (χ1n) is 8.82. The van der Waals surface area contributed by atoms with Gasteiger partial charge < -0.3 is 20.7 Å². The van der Waals surface area contributed by atoms with Crippen LogP contribution < -0.4 is 11.1 Å². The van der Waals surface area contributed by atoms with Crippen molar-refractivity contribution in [3.8, 4) is 0 Å². The molecule has 1 aromatic rings. The highest BCUT2D eigenvalue weighted by Crippen LogP contribution is 2.31. The molecule has 3 N–H and O–H groups in total. The quantitative estimate of drug-likeness (QED) is 0.571. The molecule has 27 heavy (non-hydrogen) atoms. The van der Waals surface area contributed by atoms with Crippen molar-refractivity contribution in [3.63, 3.8) is 0 Å². The normalized spacial score (nSPS) is 22.9. The Morgan fingerprint density at radius 3 is 2.70 bits per heavy atom. The van der Waals surface area contributed by atoms with E-state index >= 15 is 0 Å². The molecule has 3 rings (SSSR count). The maximum Gasteiger partial charge on any atom is 0.246 e. The Balaban J connectivity index is 1.73. The summed E-state index contributed by atoms with van der Waals surface area (Å²) in [7, 11) is -3.87. The van der Waals surface area contributed by atoms with E-state index in [-0.39, 0.29) is 30.5 Å². The molecule has 2 aliphatic rings. The molecule has 10 heteroatoms. The molecule has 0 spiro atoms. The molecule has 2 saturated heterocycles. The number of benzene rings is 1. The summed E-state index contributed by atoms with van der Waals surface area (Å²) in [6, 6.07) is 5.50. The molecule has 0 aromatic heterocycles. The van der Waals surface area contributed by atoms with E-state index in [1.54, 1.807) is 12.1 Å². The molecule has 2 bridgehead atoms. The lowest BCUT2D eigenvalue weighted by Crippen LogP contribution is -2.60. The van der Waals surface area contributed by atoms with Gasteiger partial charge in [0.1, 0.15) is 12.3 Å². The number of aryl methyl sites for hydroxylation is 1. The zero-order valence-electron chi connectivity index (χ0n) is 15.1. The van der Waals surface area contributed by atoms with Crippen LogP contribution >= 0.6 is 0 Å². The van der Waals surface area contributed by atoms with Crippen LogP contribution in [0.5, 0.6) is 0 Å². The van der Waals surface area contributed by atoms with E-state index in [4.69, 9.17) is 10.5 Å². The van der Waals surface area contributed by atoms with Gasteiger partial charge in [-0.2, -0.15) is 4.31 Å². The van der Waals surface area contributed by atoms with Crippen molar-refractivity contribution < 1.29 is 22.7 Å². The van der Waals surface area contributed by atoms with Crippen molar-refractivity contribution in [1.82, 2.24) is 14.5 Å². The molecule has 9 nitrogen and oxygen atoms in total. The number of ether oxygens (including phenoxy) is 1. The monoisotopic (exact) mass is 396 g/mol. The first-order chi connectivity index (χ1) is 12.8. The van der Waals surface area contributed by atoms with Gasteiger partial charge in [-0.1, -0.05) is 17.7 Å². The first kappa shape index (κ1) is 19.7. The van der Waals surface area contributed by atoms with E-state index in [1.807, 2.05) is 6.92 Å². The smallest absolute Gasteiger partial charge is 0.246 e. The maximum atomic E-state index is 13.0. The highest BCUT2D eigenvalue weighted by atomic mass is 32.2. The second-order valence-corrected chi connectivity index (χ2v) is 8.51. The number of rotatable bonds is 7. The van der Waals surface area contributed by atoms with Gasteiger partial charge in [-0.15, -0.1) is 0 Å². The Morgan fingerprint density at radius 2 is 2.04 bits per heavy atom. The third kappa shape index (κ3) is 3.98. The van der Waals surface area contributed by atoms with Crippen molar-refractivity contribution in [2.75, 3.05) is 32.8 Å². The molecule has 2 amide bonds. The number of sulfonamides is 1. The van der Waals surface area contributed by atoms with E-state index in [0.29, 0.717) is 19.5 Å². The minimum atomic E-state index is -3.87. The van der Waals surface area contributed by atoms with E-state index < -0.39 is 28.2 Å². The molecule has 2 fully saturated rings.